The van der Waals surface area contributed by atoms with Crippen molar-refractivity contribution < 1.29 is 18.7 Å². The number of hydrogen-bond acceptors (Lipinski definition) is 4. The molecule has 1 heterocycles. The van der Waals surface area contributed by atoms with Crippen LogP contribution < -0.4 is 15.1 Å². The number of anilines is 1. The van der Waals surface area contributed by atoms with E-state index in [0.29, 0.717) is 21.5 Å². The topological polar surface area (TPSA) is 71.0 Å². The summed E-state index contributed by atoms with van der Waals surface area (Å²) in [6, 6.07) is 18.3. The molecule has 4 rings (SSSR count). The van der Waals surface area contributed by atoms with Crippen molar-refractivity contribution in [3.8, 4) is 5.75 Å². The zero-order chi connectivity index (χ0) is 24.1. The Labute approximate surface area is 205 Å². The first-order valence-electron chi connectivity index (χ1n) is 10.5. The Morgan fingerprint density at radius 2 is 1.85 bits per heavy atom. The smallest absolute Gasteiger partial charge is 0.245 e. The normalized spacial score (nSPS) is 15.7. The monoisotopic (exact) mass is 499 g/mol. The Balaban J connectivity index is 1.28. The number of rotatable bonds is 7. The van der Waals surface area contributed by atoms with Crippen molar-refractivity contribution in [3.05, 3.63) is 93.7 Å². The number of carbonyl (C=O) groups is 2. The van der Waals surface area contributed by atoms with Gasteiger partial charge in [-0.25, -0.2) is 9.82 Å². The Morgan fingerprint density at radius 1 is 1.12 bits per heavy atom. The standard InChI is InChI=1S/C25H20Cl2FN3O3/c26-18-6-8-19(9-7-18)31-14-17(12-24(31)32)25(33)30-29-13-16-4-10-20(11-5-16)34-15-21-22(27)2-1-3-23(21)28/h1-11,13,17H,12,14-15H2,(H,30,33)/b29-13-/t17-/m1/s1. The molecule has 0 saturated carbocycles. The highest BCUT2D eigenvalue weighted by Gasteiger charge is 2.35. The third kappa shape index (κ3) is 5.73. The van der Waals surface area contributed by atoms with Gasteiger partial charge in [0.1, 0.15) is 18.2 Å². The summed E-state index contributed by atoms with van der Waals surface area (Å²) in [5.74, 6) is -0.845. The van der Waals surface area contributed by atoms with Crippen molar-refractivity contribution in [1.29, 1.82) is 0 Å². The second-order valence-corrected chi connectivity index (χ2v) is 8.52. The summed E-state index contributed by atoms with van der Waals surface area (Å²) < 4.78 is 19.4. The van der Waals surface area contributed by atoms with Crippen LogP contribution >= 0.6 is 23.2 Å². The molecule has 0 unspecified atom stereocenters. The molecule has 1 aliphatic rings. The van der Waals surface area contributed by atoms with Gasteiger partial charge in [-0.3, -0.25) is 9.59 Å². The van der Waals surface area contributed by atoms with Crippen molar-refractivity contribution in [2.24, 2.45) is 11.0 Å². The van der Waals surface area contributed by atoms with E-state index in [4.69, 9.17) is 27.9 Å². The Morgan fingerprint density at radius 3 is 2.56 bits per heavy atom. The van der Waals surface area contributed by atoms with E-state index in [1.165, 1.54) is 18.3 Å². The minimum atomic E-state index is -0.499. The van der Waals surface area contributed by atoms with Crippen LogP contribution in [0.1, 0.15) is 17.5 Å². The van der Waals surface area contributed by atoms with Crippen LogP contribution in [-0.4, -0.2) is 24.6 Å². The summed E-state index contributed by atoms with van der Waals surface area (Å²) in [7, 11) is 0. The number of amides is 2. The Bertz CT molecular complexity index is 1200. The molecule has 1 saturated heterocycles. The number of benzene rings is 3. The molecule has 34 heavy (non-hydrogen) atoms. The van der Waals surface area contributed by atoms with Gasteiger partial charge in [-0.15, -0.1) is 0 Å². The fourth-order valence-corrected chi connectivity index (χ4v) is 3.83. The zero-order valence-electron chi connectivity index (χ0n) is 17.9. The second-order valence-electron chi connectivity index (χ2n) is 7.67. The minimum Gasteiger partial charge on any atom is -0.489 e. The molecule has 1 aliphatic heterocycles. The maximum absolute atomic E-state index is 13.8. The molecule has 3 aromatic rings. The minimum absolute atomic E-state index is 0.00213. The highest BCUT2D eigenvalue weighted by Crippen LogP contribution is 2.26. The first-order chi connectivity index (χ1) is 16.4. The third-order valence-corrected chi connectivity index (χ3v) is 5.95. The Hall–Kier alpha value is -3.42. The van der Waals surface area contributed by atoms with Crippen molar-refractivity contribution in [2.45, 2.75) is 13.0 Å². The molecule has 1 fully saturated rings. The van der Waals surface area contributed by atoms with Gasteiger partial charge in [0.15, 0.2) is 0 Å². The molecular formula is C25H20Cl2FN3O3. The highest BCUT2D eigenvalue weighted by molar-refractivity contribution is 6.31. The molecule has 6 nitrogen and oxygen atoms in total. The lowest BCUT2D eigenvalue weighted by molar-refractivity contribution is -0.126. The molecule has 0 radical (unpaired) electrons. The molecule has 1 atom stereocenters. The van der Waals surface area contributed by atoms with Crippen LogP contribution in [0, 0.1) is 11.7 Å². The zero-order valence-corrected chi connectivity index (χ0v) is 19.4. The van der Waals surface area contributed by atoms with Gasteiger partial charge in [0, 0.05) is 29.2 Å². The lowest BCUT2D eigenvalue weighted by Crippen LogP contribution is -2.30. The molecule has 174 valence electrons. The van der Waals surface area contributed by atoms with Crippen LogP contribution in [0.4, 0.5) is 10.1 Å². The van der Waals surface area contributed by atoms with Gasteiger partial charge >= 0.3 is 0 Å². The fourth-order valence-electron chi connectivity index (χ4n) is 3.49. The second kappa shape index (κ2) is 10.7. The van der Waals surface area contributed by atoms with E-state index in [2.05, 4.69) is 10.5 Å². The van der Waals surface area contributed by atoms with Crippen LogP contribution in [0.25, 0.3) is 0 Å². The molecule has 0 bridgehead atoms. The summed E-state index contributed by atoms with van der Waals surface area (Å²) in [5.41, 5.74) is 4.21. The number of ether oxygens (including phenoxy) is 1. The molecule has 9 heteroatoms. The summed E-state index contributed by atoms with van der Waals surface area (Å²) in [6.07, 6.45) is 1.60. The number of carbonyl (C=O) groups excluding carboxylic acids is 2. The first kappa shape index (κ1) is 23.7. The molecule has 2 amide bonds. The SMILES string of the molecule is O=C(N/N=C\c1ccc(OCc2c(F)cccc2Cl)cc1)[C@@H]1CC(=O)N(c2ccc(Cl)cc2)C1. The van der Waals surface area contributed by atoms with E-state index in [0.717, 1.165) is 5.56 Å². The quantitative estimate of drug-likeness (QED) is 0.358. The van der Waals surface area contributed by atoms with Gasteiger partial charge in [-0.05, 0) is 66.2 Å². The van der Waals surface area contributed by atoms with Crippen molar-refractivity contribution in [3.63, 3.8) is 0 Å². The van der Waals surface area contributed by atoms with Crippen LogP contribution in [-0.2, 0) is 16.2 Å². The van der Waals surface area contributed by atoms with E-state index in [-0.39, 0.29) is 37.0 Å². The predicted octanol–water partition coefficient (Wildman–Crippen LogP) is 5.21. The summed E-state index contributed by atoms with van der Waals surface area (Å²) in [4.78, 5) is 26.3. The first-order valence-corrected chi connectivity index (χ1v) is 11.2. The van der Waals surface area contributed by atoms with Gasteiger partial charge in [0.2, 0.25) is 11.8 Å². The Kier molecular flexibility index (Phi) is 7.45. The molecule has 3 aromatic carbocycles. The molecule has 0 aliphatic carbocycles. The number of hydrazone groups is 1. The average molecular weight is 500 g/mol. The van der Waals surface area contributed by atoms with E-state index >= 15 is 0 Å². The molecular weight excluding hydrogens is 480 g/mol. The largest absolute Gasteiger partial charge is 0.489 e. The van der Waals surface area contributed by atoms with Gasteiger partial charge in [0.25, 0.3) is 0 Å². The summed E-state index contributed by atoms with van der Waals surface area (Å²) >= 11 is 11.9. The van der Waals surface area contributed by atoms with E-state index in [1.807, 2.05) is 0 Å². The maximum atomic E-state index is 13.8. The van der Waals surface area contributed by atoms with Crippen molar-refractivity contribution in [2.75, 3.05) is 11.4 Å². The number of nitrogens with zero attached hydrogens (tertiary/aromatic N) is 2. The van der Waals surface area contributed by atoms with Gasteiger partial charge in [0.05, 0.1) is 17.2 Å². The van der Waals surface area contributed by atoms with Crippen molar-refractivity contribution >= 4 is 46.9 Å². The fraction of sp³-hybridized carbons (Fsp3) is 0.160. The number of nitrogens with one attached hydrogen (secondary N) is 1. The third-order valence-electron chi connectivity index (χ3n) is 5.35. The van der Waals surface area contributed by atoms with Gasteiger partial charge in [-0.2, -0.15) is 5.10 Å². The van der Waals surface area contributed by atoms with Crippen LogP contribution in [0.5, 0.6) is 5.75 Å². The van der Waals surface area contributed by atoms with E-state index in [9.17, 15) is 14.0 Å². The van der Waals surface area contributed by atoms with Crippen LogP contribution in [0.3, 0.4) is 0 Å². The van der Waals surface area contributed by atoms with Crippen molar-refractivity contribution in [1.82, 2.24) is 5.43 Å². The lowest BCUT2D eigenvalue weighted by Gasteiger charge is -2.16. The van der Waals surface area contributed by atoms with Gasteiger partial charge in [-0.1, -0.05) is 29.3 Å². The van der Waals surface area contributed by atoms with Gasteiger partial charge < -0.3 is 9.64 Å². The summed E-state index contributed by atoms with van der Waals surface area (Å²) in [5, 5.41) is 4.87. The van der Waals surface area contributed by atoms with E-state index in [1.54, 1.807) is 59.5 Å². The number of halogens is 3. The van der Waals surface area contributed by atoms with E-state index < -0.39 is 11.7 Å². The molecule has 1 N–H and O–H groups in total. The summed E-state index contributed by atoms with van der Waals surface area (Å²) in [6.45, 7) is 0.280. The molecule has 0 aromatic heterocycles. The highest BCUT2D eigenvalue weighted by atomic mass is 35.5. The molecule has 0 spiro atoms. The number of hydrogen-bond donors (Lipinski definition) is 1. The maximum Gasteiger partial charge on any atom is 0.245 e. The average Bonchev–Trinajstić information content (AvgIpc) is 3.22. The predicted molar refractivity (Wildman–Crippen MR) is 130 cm³/mol. The van der Waals surface area contributed by atoms with Crippen LogP contribution in [0.2, 0.25) is 10.0 Å². The lowest BCUT2D eigenvalue weighted by atomic mass is 10.1. The van der Waals surface area contributed by atoms with Crippen LogP contribution in [0.15, 0.2) is 71.8 Å².